The zero-order chi connectivity index (χ0) is 20.2. The lowest BCUT2D eigenvalue weighted by atomic mass is 9.86. The Morgan fingerprint density at radius 2 is 1.28 bits per heavy atom. The first-order valence-electron chi connectivity index (χ1n) is 9.25. The number of rotatable bonds is 5. The van der Waals surface area contributed by atoms with E-state index in [1.807, 2.05) is 36.4 Å². The van der Waals surface area contributed by atoms with Crippen LogP contribution in [0.25, 0.3) is 0 Å². The molecule has 4 aromatic rings. The molecule has 0 aliphatic carbocycles. The van der Waals surface area contributed by atoms with Crippen LogP contribution < -0.4 is 0 Å². The van der Waals surface area contributed by atoms with E-state index in [0.29, 0.717) is 11.3 Å². The molecule has 2 aromatic heterocycles. The fourth-order valence-electron chi connectivity index (χ4n) is 3.42. The lowest BCUT2D eigenvalue weighted by Crippen LogP contribution is -2.08. The first-order chi connectivity index (χ1) is 14.1. The summed E-state index contributed by atoms with van der Waals surface area (Å²) in [6.45, 7) is 0. The Hall–Kier alpha value is -3.70. The molecular weight excluding hydrogens is 364 g/mol. The molecule has 5 nitrogen and oxygen atoms in total. The summed E-state index contributed by atoms with van der Waals surface area (Å²) in [6, 6.07) is 23.1. The Morgan fingerprint density at radius 1 is 0.655 bits per heavy atom. The lowest BCUT2D eigenvalue weighted by molar-refractivity contribution is 0.210. The van der Waals surface area contributed by atoms with Crippen LogP contribution in [0.3, 0.4) is 0 Å². The summed E-state index contributed by atoms with van der Waals surface area (Å²) in [4.78, 5) is 8.70. The lowest BCUT2D eigenvalue weighted by Gasteiger charge is -2.20. The third-order valence-electron chi connectivity index (χ3n) is 4.86. The molecule has 144 valence electrons. The van der Waals surface area contributed by atoms with Crippen LogP contribution in [0, 0.1) is 0 Å². The zero-order valence-electron chi connectivity index (χ0n) is 15.6. The normalized spacial score (nSPS) is 13.0. The SMILES string of the molecule is Oc1ccc(C(c2ccc(O)c(C(O)c3ccccn3)c2)c2ccccn2)cc1. The number of benzene rings is 2. The molecule has 0 spiro atoms. The van der Waals surface area contributed by atoms with Crippen molar-refractivity contribution >= 4 is 0 Å². The first kappa shape index (κ1) is 18.7. The van der Waals surface area contributed by atoms with E-state index in [-0.39, 0.29) is 17.4 Å². The molecule has 4 rings (SSSR count). The van der Waals surface area contributed by atoms with Gasteiger partial charge in [-0.05, 0) is 59.7 Å². The van der Waals surface area contributed by atoms with Crippen molar-refractivity contribution < 1.29 is 15.3 Å². The maximum atomic E-state index is 10.8. The highest BCUT2D eigenvalue weighted by Crippen LogP contribution is 2.36. The summed E-state index contributed by atoms with van der Waals surface area (Å²) in [7, 11) is 0. The average molecular weight is 384 g/mol. The number of aromatic hydroxyl groups is 2. The molecule has 0 saturated carbocycles. The van der Waals surface area contributed by atoms with E-state index in [9.17, 15) is 15.3 Å². The number of hydrogen-bond acceptors (Lipinski definition) is 5. The third kappa shape index (κ3) is 3.95. The van der Waals surface area contributed by atoms with Gasteiger partial charge in [-0.2, -0.15) is 0 Å². The van der Waals surface area contributed by atoms with Crippen LogP contribution in [0.2, 0.25) is 0 Å². The van der Waals surface area contributed by atoms with Crippen LogP contribution in [-0.2, 0) is 0 Å². The monoisotopic (exact) mass is 384 g/mol. The molecule has 3 N–H and O–H groups in total. The van der Waals surface area contributed by atoms with Crippen molar-refractivity contribution in [3.8, 4) is 11.5 Å². The van der Waals surface area contributed by atoms with Gasteiger partial charge in [0.15, 0.2) is 0 Å². The maximum Gasteiger partial charge on any atom is 0.125 e. The molecule has 2 unspecified atom stereocenters. The smallest absolute Gasteiger partial charge is 0.125 e. The highest BCUT2D eigenvalue weighted by molar-refractivity contribution is 5.48. The predicted octanol–water partition coefficient (Wildman–Crippen LogP) is 4.15. The highest BCUT2D eigenvalue weighted by atomic mass is 16.3. The molecular formula is C24H20N2O3. The molecule has 2 heterocycles. The van der Waals surface area contributed by atoms with Gasteiger partial charge < -0.3 is 15.3 Å². The standard InChI is InChI=1S/C24H20N2O3/c27-18-10-7-16(8-11-18)23(20-5-1-3-13-25-20)17-9-12-22(28)19(15-17)24(29)21-6-2-4-14-26-21/h1-15,23-24,27-29H. The van der Waals surface area contributed by atoms with Gasteiger partial charge in [-0.1, -0.05) is 30.3 Å². The van der Waals surface area contributed by atoms with E-state index in [4.69, 9.17) is 0 Å². The van der Waals surface area contributed by atoms with Gasteiger partial charge in [0.05, 0.1) is 17.3 Å². The third-order valence-corrected chi connectivity index (χ3v) is 4.86. The summed E-state index contributed by atoms with van der Waals surface area (Å²) in [6.07, 6.45) is 2.28. The number of phenols is 2. The van der Waals surface area contributed by atoms with Crippen molar-refractivity contribution in [1.29, 1.82) is 0 Å². The van der Waals surface area contributed by atoms with E-state index >= 15 is 0 Å². The van der Waals surface area contributed by atoms with E-state index in [1.54, 1.807) is 54.9 Å². The summed E-state index contributed by atoms with van der Waals surface area (Å²) in [5, 5.41) is 30.8. The molecule has 0 aliphatic rings. The highest BCUT2D eigenvalue weighted by Gasteiger charge is 2.22. The second-order valence-electron chi connectivity index (χ2n) is 6.75. The number of aliphatic hydroxyl groups is 1. The van der Waals surface area contributed by atoms with Crippen molar-refractivity contribution in [2.24, 2.45) is 0 Å². The van der Waals surface area contributed by atoms with Gasteiger partial charge in [0.2, 0.25) is 0 Å². The fourth-order valence-corrected chi connectivity index (χ4v) is 3.42. The van der Waals surface area contributed by atoms with Crippen LogP contribution in [-0.4, -0.2) is 25.3 Å². The van der Waals surface area contributed by atoms with Gasteiger partial charge in [-0.15, -0.1) is 0 Å². The molecule has 0 amide bonds. The van der Waals surface area contributed by atoms with Gasteiger partial charge in [0.1, 0.15) is 17.6 Å². The molecule has 0 saturated heterocycles. The van der Waals surface area contributed by atoms with Gasteiger partial charge in [-0.25, -0.2) is 0 Å². The van der Waals surface area contributed by atoms with Crippen molar-refractivity contribution in [2.45, 2.75) is 12.0 Å². The first-order valence-corrected chi connectivity index (χ1v) is 9.25. The fraction of sp³-hybridized carbons (Fsp3) is 0.0833. The Labute approximate surface area is 168 Å². The van der Waals surface area contributed by atoms with Crippen molar-refractivity contribution in [3.05, 3.63) is 119 Å². The maximum absolute atomic E-state index is 10.8. The Balaban J connectivity index is 1.82. The number of aromatic nitrogens is 2. The van der Waals surface area contributed by atoms with E-state index in [2.05, 4.69) is 9.97 Å². The van der Waals surface area contributed by atoms with Crippen molar-refractivity contribution in [2.75, 3.05) is 0 Å². The molecule has 2 aromatic carbocycles. The Morgan fingerprint density at radius 3 is 1.90 bits per heavy atom. The molecule has 0 fully saturated rings. The Kier molecular flexibility index (Phi) is 5.22. The summed E-state index contributed by atoms with van der Waals surface area (Å²) in [5.41, 5.74) is 3.45. The summed E-state index contributed by atoms with van der Waals surface area (Å²) in [5.74, 6) is -0.0463. The van der Waals surface area contributed by atoms with Crippen LogP contribution in [0.15, 0.2) is 91.3 Å². The Bertz CT molecular complexity index is 1080. The van der Waals surface area contributed by atoms with Crippen LogP contribution in [0.4, 0.5) is 0 Å². The van der Waals surface area contributed by atoms with Gasteiger partial charge in [0, 0.05) is 18.0 Å². The quantitative estimate of drug-likeness (QED) is 0.481. The molecule has 5 heteroatoms. The van der Waals surface area contributed by atoms with Crippen LogP contribution >= 0.6 is 0 Å². The zero-order valence-corrected chi connectivity index (χ0v) is 15.6. The minimum Gasteiger partial charge on any atom is -0.508 e. The minimum absolute atomic E-state index is 0.00243. The minimum atomic E-state index is -1.06. The van der Waals surface area contributed by atoms with Crippen molar-refractivity contribution in [3.63, 3.8) is 0 Å². The summed E-state index contributed by atoms with van der Waals surface area (Å²) >= 11 is 0. The second kappa shape index (κ2) is 8.12. The molecule has 29 heavy (non-hydrogen) atoms. The predicted molar refractivity (Wildman–Crippen MR) is 110 cm³/mol. The van der Waals surface area contributed by atoms with Gasteiger partial charge >= 0.3 is 0 Å². The van der Waals surface area contributed by atoms with Crippen molar-refractivity contribution in [1.82, 2.24) is 9.97 Å². The van der Waals surface area contributed by atoms with Gasteiger partial charge in [0.25, 0.3) is 0 Å². The van der Waals surface area contributed by atoms with E-state index < -0.39 is 6.10 Å². The molecule has 0 radical (unpaired) electrons. The summed E-state index contributed by atoms with van der Waals surface area (Å²) < 4.78 is 0. The number of phenolic OH excluding ortho intramolecular Hbond substituents is 2. The topological polar surface area (TPSA) is 86.5 Å². The van der Waals surface area contributed by atoms with E-state index in [1.165, 1.54) is 0 Å². The van der Waals surface area contributed by atoms with Gasteiger partial charge in [-0.3, -0.25) is 9.97 Å². The van der Waals surface area contributed by atoms with Crippen LogP contribution in [0.1, 0.15) is 40.1 Å². The molecule has 0 aliphatic heterocycles. The number of nitrogens with zero attached hydrogens (tertiary/aromatic N) is 2. The molecule has 0 bridgehead atoms. The number of aliphatic hydroxyl groups excluding tert-OH is 1. The number of hydrogen-bond donors (Lipinski definition) is 3. The number of pyridine rings is 2. The average Bonchev–Trinajstić information content (AvgIpc) is 2.77. The second-order valence-corrected chi connectivity index (χ2v) is 6.75. The molecule has 2 atom stereocenters. The van der Waals surface area contributed by atoms with Crippen LogP contribution in [0.5, 0.6) is 11.5 Å². The largest absolute Gasteiger partial charge is 0.508 e. The van der Waals surface area contributed by atoms with E-state index in [0.717, 1.165) is 16.8 Å².